The first kappa shape index (κ1) is 9.64. The van der Waals surface area contributed by atoms with E-state index in [1.165, 1.54) is 18.5 Å². The van der Waals surface area contributed by atoms with Crippen LogP contribution >= 0.6 is 11.6 Å². The Morgan fingerprint density at radius 3 is 2.73 bits per heavy atom. The van der Waals surface area contributed by atoms with E-state index in [1.54, 1.807) is 0 Å². The van der Waals surface area contributed by atoms with Gasteiger partial charge >= 0.3 is 0 Å². The maximum atomic E-state index is 6.16. The first-order valence-electron chi connectivity index (χ1n) is 5.41. The molecule has 2 N–H and O–H groups in total. The van der Waals surface area contributed by atoms with Gasteiger partial charge in [-0.25, -0.2) is 0 Å². The number of likely N-dealkylation sites (tertiary alicyclic amines) is 1. The van der Waals surface area contributed by atoms with Crippen LogP contribution in [0.5, 0.6) is 0 Å². The molecule has 1 aliphatic carbocycles. The highest BCUT2D eigenvalue weighted by Gasteiger charge is 2.56. The zero-order valence-electron chi connectivity index (χ0n) is 8.62. The molecule has 0 bridgehead atoms. The minimum Gasteiger partial charge on any atom is -0.324 e. The Bertz CT molecular complexity index is 376. The normalized spacial score (nSPS) is 34.1. The van der Waals surface area contributed by atoms with E-state index in [1.807, 2.05) is 12.1 Å². The molecule has 1 aliphatic heterocycles. The summed E-state index contributed by atoms with van der Waals surface area (Å²) in [6.07, 6.45) is 1.23. The zero-order valence-corrected chi connectivity index (χ0v) is 9.37. The fourth-order valence-electron chi connectivity index (χ4n) is 2.60. The topological polar surface area (TPSA) is 29.3 Å². The first-order chi connectivity index (χ1) is 7.16. The molecule has 2 fully saturated rings. The molecule has 1 aromatic carbocycles. The number of piperidine rings is 1. The van der Waals surface area contributed by atoms with Gasteiger partial charge in [-0.2, -0.15) is 0 Å². The van der Waals surface area contributed by atoms with Crippen molar-refractivity contribution in [1.82, 2.24) is 4.90 Å². The standard InChI is InChI=1S/C12H15ClN2/c13-11-3-1-9(2-4-11)6-15-7-10-5-12(10,14)8-15/h1-4,10H,5-8,14H2/t10-,12+/m0/s1. The van der Waals surface area contributed by atoms with Crippen molar-refractivity contribution >= 4 is 11.6 Å². The molecule has 15 heavy (non-hydrogen) atoms. The molecular formula is C12H15ClN2. The highest BCUT2D eigenvalue weighted by molar-refractivity contribution is 6.30. The number of hydrogen-bond donors (Lipinski definition) is 1. The summed E-state index contributed by atoms with van der Waals surface area (Å²) in [5.41, 5.74) is 7.64. The van der Waals surface area contributed by atoms with Gasteiger partial charge in [-0.1, -0.05) is 23.7 Å². The Morgan fingerprint density at radius 2 is 2.13 bits per heavy atom. The highest BCUT2D eigenvalue weighted by atomic mass is 35.5. The Morgan fingerprint density at radius 1 is 1.40 bits per heavy atom. The second-order valence-corrected chi connectivity index (χ2v) is 5.37. The fourth-order valence-corrected chi connectivity index (χ4v) is 2.73. The number of nitrogens with zero attached hydrogens (tertiary/aromatic N) is 1. The van der Waals surface area contributed by atoms with Crippen LogP contribution in [-0.4, -0.2) is 23.5 Å². The number of hydrogen-bond acceptors (Lipinski definition) is 2. The lowest BCUT2D eigenvalue weighted by Crippen LogP contribution is -2.32. The average Bonchev–Trinajstić information content (AvgIpc) is 2.70. The monoisotopic (exact) mass is 222 g/mol. The van der Waals surface area contributed by atoms with Crippen molar-refractivity contribution in [3.8, 4) is 0 Å². The van der Waals surface area contributed by atoms with Gasteiger partial charge < -0.3 is 5.73 Å². The van der Waals surface area contributed by atoms with Crippen LogP contribution in [0.2, 0.25) is 5.02 Å². The van der Waals surface area contributed by atoms with Crippen LogP contribution < -0.4 is 5.73 Å². The summed E-state index contributed by atoms with van der Waals surface area (Å²) in [7, 11) is 0. The van der Waals surface area contributed by atoms with E-state index in [-0.39, 0.29) is 5.54 Å². The van der Waals surface area contributed by atoms with Gasteiger partial charge in [0.1, 0.15) is 0 Å². The lowest BCUT2D eigenvalue weighted by atomic mass is 10.2. The van der Waals surface area contributed by atoms with Gasteiger partial charge in [0.15, 0.2) is 0 Å². The molecule has 1 heterocycles. The number of halogens is 1. The van der Waals surface area contributed by atoms with Crippen LogP contribution in [0.15, 0.2) is 24.3 Å². The molecule has 0 amide bonds. The van der Waals surface area contributed by atoms with Crippen molar-refractivity contribution in [2.24, 2.45) is 11.7 Å². The molecule has 0 unspecified atom stereocenters. The third kappa shape index (κ3) is 1.78. The Kier molecular flexibility index (Phi) is 2.06. The Hall–Kier alpha value is -0.570. The van der Waals surface area contributed by atoms with Crippen LogP contribution in [-0.2, 0) is 6.54 Å². The van der Waals surface area contributed by atoms with Gasteiger partial charge in [-0.3, -0.25) is 4.90 Å². The van der Waals surface area contributed by atoms with Crippen LogP contribution in [0.3, 0.4) is 0 Å². The molecule has 1 saturated carbocycles. The van der Waals surface area contributed by atoms with E-state index in [9.17, 15) is 0 Å². The third-order valence-corrected chi connectivity index (χ3v) is 3.85. The molecule has 2 aliphatic rings. The molecule has 3 rings (SSSR count). The number of rotatable bonds is 2. The molecule has 3 heteroatoms. The summed E-state index contributed by atoms with van der Waals surface area (Å²) in [5, 5.41) is 0.804. The van der Waals surface area contributed by atoms with Crippen LogP contribution in [0, 0.1) is 5.92 Å². The molecular weight excluding hydrogens is 208 g/mol. The SMILES string of the molecule is N[C@@]12C[C@H]1CN(Cc1ccc(Cl)cc1)C2. The average molecular weight is 223 g/mol. The van der Waals surface area contributed by atoms with Gasteiger partial charge in [-0.05, 0) is 30.0 Å². The number of fused-ring (bicyclic) bond motifs is 1. The van der Waals surface area contributed by atoms with Crippen molar-refractivity contribution < 1.29 is 0 Å². The van der Waals surface area contributed by atoms with Gasteiger partial charge in [0.2, 0.25) is 0 Å². The summed E-state index contributed by atoms with van der Waals surface area (Å²) in [6, 6.07) is 8.09. The predicted molar refractivity (Wildman–Crippen MR) is 61.8 cm³/mol. The lowest BCUT2D eigenvalue weighted by Gasteiger charge is -2.18. The van der Waals surface area contributed by atoms with Gasteiger partial charge in [0.25, 0.3) is 0 Å². The molecule has 0 aromatic heterocycles. The summed E-state index contributed by atoms with van der Waals surface area (Å²) >= 11 is 5.85. The van der Waals surface area contributed by atoms with Crippen LogP contribution in [0.1, 0.15) is 12.0 Å². The predicted octanol–water partition coefficient (Wildman–Crippen LogP) is 1.87. The van der Waals surface area contributed by atoms with E-state index in [0.717, 1.165) is 24.0 Å². The van der Waals surface area contributed by atoms with Crippen LogP contribution in [0.4, 0.5) is 0 Å². The summed E-state index contributed by atoms with van der Waals surface area (Å²) in [6.45, 7) is 3.23. The molecule has 2 atom stereocenters. The summed E-state index contributed by atoms with van der Waals surface area (Å²) in [4.78, 5) is 2.44. The fraction of sp³-hybridized carbons (Fsp3) is 0.500. The molecule has 80 valence electrons. The minimum atomic E-state index is 0.159. The molecule has 1 aromatic rings. The van der Waals surface area contributed by atoms with Crippen molar-refractivity contribution in [2.75, 3.05) is 13.1 Å². The zero-order chi connectivity index (χ0) is 10.5. The van der Waals surface area contributed by atoms with E-state index in [4.69, 9.17) is 17.3 Å². The molecule has 1 saturated heterocycles. The smallest absolute Gasteiger partial charge is 0.0406 e. The quantitative estimate of drug-likeness (QED) is 0.828. The Labute approximate surface area is 95.0 Å². The van der Waals surface area contributed by atoms with E-state index >= 15 is 0 Å². The second-order valence-electron chi connectivity index (χ2n) is 4.93. The van der Waals surface area contributed by atoms with Gasteiger partial charge in [0, 0.05) is 30.2 Å². The summed E-state index contributed by atoms with van der Waals surface area (Å²) < 4.78 is 0. The van der Waals surface area contributed by atoms with Crippen molar-refractivity contribution in [1.29, 1.82) is 0 Å². The molecule has 0 radical (unpaired) electrons. The van der Waals surface area contributed by atoms with E-state index in [0.29, 0.717) is 0 Å². The summed E-state index contributed by atoms with van der Waals surface area (Å²) in [5.74, 6) is 0.754. The van der Waals surface area contributed by atoms with E-state index in [2.05, 4.69) is 17.0 Å². The Balaban J connectivity index is 1.64. The van der Waals surface area contributed by atoms with Crippen molar-refractivity contribution in [2.45, 2.75) is 18.5 Å². The van der Waals surface area contributed by atoms with Gasteiger partial charge in [-0.15, -0.1) is 0 Å². The first-order valence-corrected chi connectivity index (χ1v) is 5.79. The third-order valence-electron chi connectivity index (χ3n) is 3.60. The largest absolute Gasteiger partial charge is 0.324 e. The lowest BCUT2D eigenvalue weighted by molar-refractivity contribution is 0.291. The van der Waals surface area contributed by atoms with Crippen molar-refractivity contribution in [3.05, 3.63) is 34.9 Å². The van der Waals surface area contributed by atoms with Crippen LogP contribution in [0.25, 0.3) is 0 Å². The van der Waals surface area contributed by atoms with Gasteiger partial charge in [0.05, 0.1) is 0 Å². The van der Waals surface area contributed by atoms with Crippen molar-refractivity contribution in [3.63, 3.8) is 0 Å². The molecule has 0 spiro atoms. The minimum absolute atomic E-state index is 0.159. The second kappa shape index (κ2) is 3.21. The maximum Gasteiger partial charge on any atom is 0.0406 e. The maximum absolute atomic E-state index is 6.16. The van der Waals surface area contributed by atoms with E-state index < -0.39 is 0 Å². The molecule has 2 nitrogen and oxygen atoms in total. The number of benzene rings is 1. The number of nitrogens with two attached hydrogens (primary N) is 1. The highest BCUT2D eigenvalue weighted by Crippen LogP contribution is 2.47.